The zero-order chi connectivity index (χ0) is 25.8. The molecule has 2 saturated carbocycles. The Kier molecular flexibility index (Phi) is 7.68. The van der Waals surface area contributed by atoms with E-state index in [4.69, 9.17) is 4.74 Å². The summed E-state index contributed by atoms with van der Waals surface area (Å²) in [5.41, 5.74) is 4.39. The number of nitrogens with zero attached hydrogens (tertiary/aromatic N) is 1. The van der Waals surface area contributed by atoms with Crippen molar-refractivity contribution >= 4 is 28.5 Å². The van der Waals surface area contributed by atoms with Gasteiger partial charge >= 0.3 is 6.03 Å². The molecular formula is C30H38N4O3. The molecule has 0 spiro atoms. The summed E-state index contributed by atoms with van der Waals surface area (Å²) in [6, 6.07) is 14.4. The van der Waals surface area contributed by atoms with Gasteiger partial charge in [0.2, 0.25) is 0 Å². The summed E-state index contributed by atoms with van der Waals surface area (Å²) in [5.74, 6) is 0.771. The third-order valence-electron chi connectivity index (χ3n) is 7.63. The molecule has 0 radical (unpaired) electrons. The van der Waals surface area contributed by atoms with Crippen LogP contribution in [0, 0.1) is 0 Å². The first-order valence-corrected chi connectivity index (χ1v) is 13.9. The minimum Gasteiger partial charge on any atom is -0.494 e. The Hall–Kier alpha value is -3.48. The van der Waals surface area contributed by atoms with Gasteiger partial charge in [-0.3, -0.25) is 4.79 Å². The number of nitrogens with one attached hydrogen (secondary N) is 3. The summed E-state index contributed by atoms with van der Waals surface area (Å²) in [6.45, 7) is 5.35. The van der Waals surface area contributed by atoms with Crippen molar-refractivity contribution in [1.82, 2.24) is 15.2 Å². The number of hydrogen-bond acceptors (Lipinski definition) is 3. The Balaban J connectivity index is 1.54. The third-order valence-corrected chi connectivity index (χ3v) is 7.63. The fourth-order valence-corrected chi connectivity index (χ4v) is 5.17. The second-order valence-electron chi connectivity index (χ2n) is 10.2. The number of rotatable bonds is 10. The summed E-state index contributed by atoms with van der Waals surface area (Å²) in [5, 5.41) is 10.1. The van der Waals surface area contributed by atoms with Crippen molar-refractivity contribution in [1.29, 1.82) is 0 Å². The normalized spacial score (nSPS) is 15.6. The Bertz CT molecular complexity index is 1260. The number of carbonyl (C=O) groups excluding carboxylic acids is 2. The highest BCUT2D eigenvalue weighted by molar-refractivity contribution is 6.13. The summed E-state index contributed by atoms with van der Waals surface area (Å²) in [6.07, 6.45) is 8.61. The molecule has 3 N–H and O–H groups in total. The smallest absolute Gasteiger partial charge is 0.319 e. The second-order valence-corrected chi connectivity index (χ2v) is 10.2. The van der Waals surface area contributed by atoms with Crippen LogP contribution < -0.4 is 20.7 Å². The van der Waals surface area contributed by atoms with Gasteiger partial charge < -0.3 is 25.3 Å². The lowest BCUT2D eigenvalue weighted by Crippen LogP contribution is -2.41. The van der Waals surface area contributed by atoms with Crippen LogP contribution in [-0.4, -0.2) is 35.7 Å². The van der Waals surface area contributed by atoms with Crippen LogP contribution in [0.25, 0.3) is 22.2 Å². The number of amides is 3. The molecule has 2 aliphatic carbocycles. The second kappa shape index (κ2) is 11.3. The van der Waals surface area contributed by atoms with Gasteiger partial charge in [0, 0.05) is 35.8 Å². The van der Waals surface area contributed by atoms with Gasteiger partial charge in [-0.25, -0.2) is 4.79 Å². The fourth-order valence-electron chi connectivity index (χ4n) is 5.17. The molecule has 2 aromatic carbocycles. The lowest BCUT2D eigenvalue weighted by Gasteiger charge is -2.30. The third kappa shape index (κ3) is 5.31. The monoisotopic (exact) mass is 502 g/mol. The van der Waals surface area contributed by atoms with E-state index in [0.717, 1.165) is 72.1 Å². The van der Waals surface area contributed by atoms with Gasteiger partial charge in [0.15, 0.2) is 0 Å². The predicted octanol–water partition coefficient (Wildman–Crippen LogP) is 6.64. The van der Waals surface area contributed by atoms with Gasteiger partial charge in [0.1, 0.15) is 5.75 Å². The van der Waals surface area contributed by atoms with Crippen molar-refractivity contribution < 1.29 is 14.3 Å². The molecule has 0 atom stereocenters. The highest BCUT2D eigenvalue weighted by atomic mass is 16.5. The number of anilines is 1. The van der Waals surface area contributed by atoms with Crippen LogP contribution in [0.15, 0.2) is 42.5 Å². The molecule has 2 fully saturated rings. The van der Waals surface area contributed by atoms with E-state index in [0.29, 0.717) is 24.8 Å². The quantitative estimate of drug-likeness (QED) is 0.272. The zero-order valence-electron chi connectivity index (χ0n) is 21.9. The van der Waals surface area contributed by atoms with Gasteiger partial charge in [0.25, 0.3) is 5.91 Å². The minimum atomic E-state index is -0.166. The molecule has 5 rings (SSSR count). The molecule has 196 valence electrons. The number of hydrogen-bond donors (Lipinski definition) is 3. The number of unbranched alkanes of at least 4 members (excludes halogenated alkanes) is 1. The van der Waals surface area contributed by atoms with E-state index in [-0.39, 0.29) is 18.0 Å². The number of aromatic nitrogens is 1. The average molecular weight is 503 g/mol. The van der Waals surface area contributed by atoms with Gasteiger partial charge in [0.05, 0.1) is 23.4 Å². The first-order valence-electron chi connectivity index (χ1n) is 13.9. The molecule has 37 heavy (non-hydrogen) atoms. The molecule has 3 aromatic rings. The number of fused-ring (bicyclic) bond motifs is 1. The molecule has 3 amide bonds. The number of carbonyl (C=O) groups is 2. The first kappa shape index (κ1) is 25.2. The average Bonchev–Trinajstić information content (AvgIpc) is 3.15. The molecule has 0 saturated heterocycles. The van der Waals surface area contributed by atoms with E-state index in [2.05, 4.69) is 33.5 Å². The molecule has 0 unspecified atom stereocenters. The first-order chi connectivity index (χ1) is 18.1. The number of ether oxygens (including phenoxy) is 1. The Morgan fingerprint density at radius 1 is 1.00 bits per heavy atom. The van der Waals surface area contributed by atoms with E-state index < -0.39 is 0 Å². The maximum absolute atomic E-state index is 13.6. The molecule has 7 nitrogen and oxygen atoms in total. The summed E-state index contributed by atoms with van der Waals surface area (Å²) in [7, 11) is 0. The molecule has 0 aliphatic heterocycles. The molecule has 7 heteroatoms. The zero-order valence-corrected chi connectivity index (χ0v) is 21.9. The summed E-state index contributed by atoms with van der Waals surface area (Å²) < 4.78 is 8.18. The van der Waals surface area contributed by atoms with Crippen molar-refractivity contribution in [2.24, 2.45) is 0 Å². The maximum atomic E-state index is 13.6. The molecule has 1 heterocycles. The lowest BCUT2D eigenvalue weighted by atomic mass is 9.92. The van der Waals surface area contributed by atoms with Gasteiger partial charge in [-0.1, -0.05) is 25.5 Å². The lowest BCUT2D eigenvalue weighted by molar-refractivity contribution is 0.0955. The highest BCUT2D eigenvalue weighted by Crippen LogP contribution is 2.43. The van der Waals surface area contributed by atoms with Crippen molar-refractivity contribution in [3.63, 3.8) is 0 Å². The Morgan fingerprint density at radius 3 is 2.38 bits per heavy atom. The molecule has 1 aromatic heterocycles. The Morgan fingerprint density at radius 2 is 1.76 bits per heavy atom. The van der Waals surface area contributed by atoms with E-state index in [1.165, 1.54) is 12.8 Å². The van der Waals surface area contributed by atoms with Crippen LogP contribution in [0.3, 0.4) is 0 Å². The largest absolute Gasteiger partial charge is 0.494 e. The van der Waals surface area contributed by atoms with E-state index >= 15 is 0 Å². The van der Waals surface area contributed by atoms with E-state index in [1.807, 2.05) is 43.3 Å². The van der Waals surface area contributed by atoms with Crippen LogP contribution in [0.5, 0.6) is 5.75 Å². The Labute approximate surface area is 219 Å². The van der Waals surface area contributed by atoms with Crippen molar-refractivity contribution in [3.8, 4) is 17.0 Å². The molecular weight excluding hydrogens is 464 g/mol. The topological polar surface area (TPSA) is 84.4 Å². The molecule has 0 bridgehead atoms. The van der Waals surface area contributed by atoms with E-state index in [9.17, 15) is 9.59 Å². The maximum Gasteiger partial charge on any atom is 0.319 e. The van der Waals surface area contributed by atoms with Gasteiger partial charge in [-0.15, -0.1) is 0 Å². The molecule has 2 aliphatic rings. The van der Waals surface area contributed by atoms with Crippen LogP contribution in [-0.2, 0) is 0 Å². The number of benzene rings is 2. The van der Waals surface area contributed by atoms with Crippen LogP contribution in [0.4, 0.5) is 10.5 Å². The summed E-state index contributed by atoms with van der Waals surface area (Å²) >= 11 is 0. The van der Waals surface area contributed by atoms with Gasteiger partial charge in [-0.2, -0.15) is 0 Å². The van der Waals surface area contributed by atoms with Crippen LogP contribution in [0.2, 0.25) is 0 Å². The standard InChI is InChI=1S/C30H38N4O3/c1-3-5-18-31-29(35)27-25-17-16-24(37-4-2)19-26(25)34(23-10-7-11-23)28(27)20-12-14-22(15-13-20)33-30(36)32-21-8-6-9-21/h12-17,19,21,23H,3-11,18H2,1-2H3,(H,31,35)(H2,32,33,36). The van der Waals surface area contributed by atoms with Crippen molar-refractivity contribution in [2.45, 2.75) is 77.3 Å². The highest BCUT2D eigenvalue weighted by Gasteiger charge is 2.30. The van der Waals surface area contributed by atoms with Crippen LogP contribution >= 0.6 is 0 Å². The van der Waals surface area contributed by atoms with Crippen molar-refractivity contribution in [2.75, 3.05) is 18.5 Å². The fraction of sp³-hybridized carbons (Fsp3) is 0.467. The van der Waals surface area contributed by atoms with Crippen molar-refractivity contribution in [3.05, 3.63) is 48.0 Å². The summed E-state index contributed by atoms with van der Waals surface area (Å²) in [4.78, 5) is 25.9. The predicted molar refractivity (Wildman–Crippen MR) is 148 cm³/mol. The van der Waals surface area contributed by atoms with Gasteiger partial charge in [-0.05, 0) is 81.7 Å². The SMILES string of the molecule is CCCCNC(=O)c1c(-c2ccc(NC(=O)NC3CCC3)cc2)n(C2CCC2)c2cc(OCC)ccc12. The van der Waals surface area contributed by atoms with E-state index in [1.54, 1.807) is 0 Å². The number of urea groups is 1. The van der Waals surface area contributed by atoms with Crippen LogP contribution in [0.1, 0.15) is 81.6 Å². The minimum absolute atomic E-state index is 0.0437.